The fourth-order valence-corrected chi connectivity index (χ4v) is 1.34. The Morgan fingerprint density at radius 1 is 1.58 bits per heavy atom. The molecule has 2 unspecified atom stereocenters. The first-order valence-electron chi connectivity index (χ1n) is 4.60. The van der Waals surface area contributed by atoms with E-state index in [0.29, 0.717) is 5.92 Å². The molecule has 0 aliphatic rings. The van der Waals surface area contributed by atoms with Crippen LogP contribution in [0.5, 0.6) is 0 Å². The standard InChI is InChI=1S/C12H20/c1-6-9-11(4)12(5,8-3)10-7-2/h7,9-11H,1,8H2,2-5H3. The number of hydrogen-bond acceptors (Lipinski definition) is 0. The van der Waals surface area contributed by atoms with Gasteiger partial charge in [-0.3, -0.25) is 0 Å². The summed E-state index contributed by atoms with van der Waals surface area (Å²) in [4.78, 5) is 0. The minimum absolute atomic E-state index is 0.263. The predicted octanol–water partition coefficient (Wildman–Crippen LogP) is 3.96. The molecule has 0 radical (unpaired) electrons. The first kappa shape index (κ1) is 11.3. The number of rotatable bonds is 4. The van der Waals surface area contributed by atoms with Crippen molar-refractivity contribution >= 4 is 0 Å². The molecule has 0 saturated heterocycles. The van der Waals surface area contributed by atoms with Gasteiger partial charge in [0.15, 0.2) is 0 Å². The molecule has 0 aliphatic heterocycles. The van der Waals surface area contributed by atoms with Crippen LogP contribution in [-0.4, -0.2) is 0 Å². The van der Waals surface area contributed by atoms with Gasteiger partial charge in [-0.05, 0) is 30.8 Å². The quantitative estimate of drug-likeness (QED) is 0.436. The monoisotopic (exact) mass is 164 g/mol. The van der Waals surface area contributed by atoms with Gasteiger partial charge >= 0.3 is 0 Å². The van der Waals surface area contributed by atoms with Gasteiger partial charge < -0.3 is 0 Å². The van der Waals surface area contributed by atoms with Gasteiger partial charge in [0.25, 0.3) is 0 Å². The molecule has 0 saturated carbocycles. The minimum atomic E-state index is 0.263. The summed E-state index contributed by atoms with van der Waals surface area (Å²) in [5, 5.41) is 0. The Morgan fingerprint density at radius 2 is 2.17 bits per heavy atom. The molecule has 12 heavy (non-hydrogen) atoms. The molecule has 0 fully saturated rings. The molecule has 0 bridgehead atoms. The van der Waals surface area contributed by atoms with Crippen molar-refractivity contribution in [3.63, 3.8) is 0 Å². The molecule has 0 amide bonds. The molecule has 0 aliphatic carbocycles. The van der Waals surface area contributed by atoms with Gasteiger partial charge in [0.2, 0.25) is 0 Å². The van der Waals surface area contributed by atoms with Crippen molar-refractivity contribution in [2.45, 2.75) is 34.1 Å². The summed E-state index contributed by atoms with van der Waals surface area (Å²) < 4.78 is 0. The van der Waals surface area contributed by atoms with Crippen LogP contribution in [0.1, 0.15) is 34.1 Å². The molecule has 0 nitrogen and oxygen atoms in total. The molecule has 0 spiro atoms. The molecule has 2 atom stereocenters. The third-order valence-electron chi connectivity index (χ3n) is 2.72. The molecular weight excluding hydrogens is 144 g/mol. The van der Waals surface area contributed by atoms with Crippen LogP contribution in [-0.2, 0) is 0 Å². The van der Waals surface area contributed by atoms with Gasteiger partial charge in [-0.15, -0.1) is 5.73 Å². The normalized spacial score (nSPS) is 18.3. The lowest BCUT2D eigenvalue weighted by atomic mass is 9.75. The van der Waals surface area contributed by atoms with Crippen LogP contribution < -0.4 is 0 Å². The minimum Gasteiger partial charge on any atom is -0.133 e. The molecule has 68 valence electrons. The Bertz CT molecular complexity index is 194. The first-order valence-corrected chi connectivity index (χ1v) is 4.60. The van der Waals surface area contributed by atoms with Crippen LogP contribution in [0.3, 0.4) is 0 Å². The van der Waals surface area contributed by atoms with Gasteiger partial charge in [0, 0.05) is 0 Å². The summed E-state index contributed by atoms with van der Waals surface area (Å²) in [5.74, 6) is 0.510. The molecule has 0 rings (SSSR count). The van der Waals surface area contributed by atoms with Gasteiger partial charge in [-0.25, -0.2) is 0 Å². The van der Waals surface area contributed by atoms with Crippen LogP contribution in [0.2, 0.25) is 0 Å². The molecule has 0 aromatic carbocycles. The largest absolute Gasteiger partial charge is 0.133 e. The van der Waals surface area contributed by atoms with Crippen molar-refractivity contribution in [3.05, 3.63) is 30.5 Å². The molecular formula is C12H20. The van der Waals surface area contributed by atoms with Gasteiger partial charge in [0.05, 0.1) is 0 Å². The highest BCUT2D eigenvalue weighted by molar-refractivity contribution is 5.03. The number of hydrogen-bond donors (Lipinski definition) is 0. The van der Waals surface area contributed by atoms with Crippen LogP contribution in [0, 0.1) is 11.3 Å². The smallest absolute Gasteiger partial charge is 0.00831 e. The van der Waals surface area contributed by atoms with Gasteiger partial charge in [-0.2, -0.15) is 0 Å². The second kappa shape index (κ2) is 5.00. The number of allylic oxidation sites excluding steroid dienone is 3. The van der Waals surface area contributed by atoms with E-state index in [1.165, 1.54) is 0 Å². The summed E-state index contributed by atoms with van der Waals surface area (Å²) in [5.41, 5.74) is 3.12. The zero-order chi connectivity index (χ0) is 9.61. The van der Waals surface area contributed by atoms with Crippen LogP contribution in [0.25, 0.3) is 0 Å². The highest BCUT2D eigenvalue weighted by atomic mass is 14.3. The van der Waals surface area contributed by atoms with E-state index in [0.717, 1.165) is 6.42 Å². The Morgan fingerprint density at radius 3 is 2.50 bits per heavy atom. The topological polar surface area (TPSA) is 0 Å². The van der Waals surface area contributed by atoms with E-state index in [1.54, 1.807) is 0 Å². The second-order valence-corrected chi connectivity index (χ2v) is 3.52. The fraction of sp³-hybridized carbons (Fsp3) is 0.583. The van der Waals surface area contributed by atoms with Crippen molar-refractivity contribution in [2.24, 2.45) is 11.3 Å². The van der Waals surface area contributed by atoms with Crippen molar-refractivity contribution in [3.8, 4) is 0 Å². The molecule has 0 heterocycles. The van der Waals surface area contributed by atoms with Crippen molar-refractivity contribution in [2.75, 3.05) is 0 Å². The van der Waals surface area contributed by atoms with Gasteiger partial charge in [-0.1, -0.05) is 39.5 Å². The van der Waals surface area contributed by atoms with E-state index < -0.39 is 0 Å². The maximum atomic E-state index is 3.60. The summed E-state index contributed by atoms with van der Waals surface area (Å²) >= 11 is 0. The average Bonchev–Trinajstić information content (AvgIpc) is 2.05. The molecule has 0 aromatic heterocycles. The highest BCUT2D eigenvalue weighted by Gasteiger charge is 2.23. The van der Waals surface area contributed by atoms with Crippen LogP contribution >= 0.6 is 0 Å². The van der Waals surface area contributed by atoms with E-state index in [4.69, 9.17) is 0 Å². The predicted molar refractivity (Wildman–Crippen MR) is 56.1 cm³/mol. The second-order valence-electron chi connectivity index (χ2n) is 3.52. The Hall–Kier alpha value is -0.740. The average molecular weight is 164 g/mol. The Labute approximate surface area is 76.7 Å². The van der Waals surface area contributed by atoms with E-state index in [2.05, 4.69) is 52.2 Å². The Balaban J connectivity index is 4.60. The van der Waals surface area contributed by atoms with Gasteiger partial charge in [0.1, 0.15) is 0 Å². The lowest BCUT2D eigenvalue weighted by Crippen LogP contribution is -2.20. The van der Waals surface area contributed by atoms with Crippen molar-refractivity contribution < 1.29 is 0 Å². The zero-order valence-corrected chi connectivity index (χ0v) is 8.72. The third kappa shape index (κ3) is 2.71. The fourth-order valence-electron chi connectivity index (χ4n) is 1.34. The summed E-state index contributed by atoms with van der Waals surface area (Å²) in [6.45, 7) is 12.4. The molecule has 0 aromatic rings. The first-order chi connectivity index (χ1) is 5.60. The van der Waals surface area contributed by atoms with E-state index in [-0.39, 0.29) is 5.41 Å². The van der Waals surface area contributed by atoms with Crippen molar-refractivity contribution in [1.82, 2.24) is 0 Å². The molecule has 0 N–H and O–H groups in total. The maximum Gasteiger partial charge on any atom is -0.00831 e. The van der Waals surface area contributed by atoms with Crippen molar-refractivity contribution in [1.29, 1.82) is 0 Å². The van der Waals surface area contributed by atoms with Crippen LogP contribution in [0.15, 0.2) is 30.5 Å². The molecule has 0 heteroatoms. The summed E-state index contributed by atoms with van der Waals surface area (Å²) in [7, 11) is 0. The third-order valence-corrected chi connectivity index (χ3v) is 2.72. The highest BCUT2D eigenvalue weighted by Crippen LogP contribution is 2.33. The van der Waals surface area contributed by atoms with E-state index in [1.807, 2.05) is 6.08 Å². The van der Waals surface area contributed by atoms with Crippen LogP contribution in [0.4, 0.5) is 0 Å². The maximum absolute atomic E-state index is 3.60. The van der Waals surface area contributed by atoms with E-state index in [9.17, 15) is 0 Å². The summed E-state index contributed by atoms with van der Waals surface area (Å²) in [6.07, 6.45) is 7.59. The van der Waals surface area contributed by atoms with E-state index >= 15 is 0 Å². The Kier molecular flexibility index (Phi) is 4.70. The lowest BCUT2D eigenvalue weighted by molar-refractivity contribution is 0.316. The lowest BCUT2D eigenvalue weighted by Gasteiger charge is -2.29. The SMILES string of the molecule is C=C=CC(C)C(C)(C=CC)CC. The zero-order valence-electron chi connectivity index (χ0n) is 8.72. The summed E-state index contributed by atoms with van der Waals surface area (Å²) in [6, 6.07) is 0.